The minimum atomic E-state index is -0.444. The Morgan fingerprint density at radius 1 is 0.929 bits per heavy atom. The average Bonchev–Trinajstić information content (AvgIpc) is 2.10. The first kappa shape index (κ1) is 12.0. The van der Waals surface area contributed by atoms with Gasteiger partial charge in [0.05, 0.1) is 5.60 Å². The number of hydrogen-bond donors (Lipinski definition) is 1. The van der Waals surface area contributed by atoms with Gasteiger partial charge in [0, 0.05) is 0 Å². The highest BCUT2D eigenvalue weighted by Crippen LogP contribution is 2.45. The topological polar surface area (TPSA) is 20.2 Å². The van der Waals surface area contributed by atoms with Gasteiger partial charge in [-0.1, -0.05) is 41.0 Å². The first-order valence-corrected chi connectivity index (χ1v) is 5.89. The number of hydrogen-bond acceptors (Lipinski definition) is 1. The largest absolute Gasteiger partial charge is 0.389 e. The van der Waals surface area contributed by atoms with Gasteiger partial charge < -0.3 is 5.11 Å². The van der Waals surface area contributed by atoms with Crippen molar-refractivity contribution in [1.82, 2.24) is 0 Å². The van der Waals surface area contributed by atoms with Crippen molar-refractivity contribution >= 4 is 0 Å². The molecular formula is C13H26O. The van der Waals surface area contributed by atoms with Crippen molar-refractivity contribution in [3.8, 4) is 0 Å². The third kappa shape index (κ3) is 2.50. The fourth-order valence-electron chi connectivity index (χ4n) is 2.40. The van der Waals surface area contributed by atoms with Gasteiger partial charge in [-0.15, -0.1) is 0 Å². The van der Waals surface area contributed by atoms with E-state index in [9.17, 15) is 5.11 Å². The number of aliphatic hydroxyl groups is 1. The molecule has 0 amide bonds. The van der Waals surface area contributed by atoms with Gasteiger partial charge in [0.25, 0.3) is 0 Å². The minimum absolute atomic E-state index is 0.0213. The lowest BCUT2D eigenvalue weighted by molar-refractivity contribution is -0.0709. The monoisotopic (exact) mass is 198 g/mol. The summed E-state index contributed by atoms with van der Waals surface area (Å²) in [6.45, 7) is 11.1. The Hall–Kier alpha value is -0.0400. The lowest BCUT2D eigenvalue weighted by Crippen LogP contribution is -2.42. The molecule has 1 nitrogen and oxygen atoms in total. The third-order valence-electron chi connectivity index (χ3n) is 4.06. The molecule has 1 atom stereocenters. The highest BCUT2D eigenvalue weighted by atomic mass is 16.3. The molecule has 0 spiro atoms. The van der Waals surface area contributed by atoms with Crippen LogP contribution in [0.3, 0.4) is 0 Å². The fraction of sp³-hybridized carbons (Fsp3) is 1.00. The molecule has 0 heterocycles. The Morgan fingerprint density at radius 3 is 2.00 bits per heavy atom. The van der Waals surface area contributed by atoms with Gasteiger partial charge in [-0.3, -0.25) is 0 Å². The molecule has 1 aliphatic rings. The summed E-state index contributed by atoms with van der Waals surface area (Å²) in [5, 5.41) is 10.6. The molecule has 1 N–H and O–H groups in total. The van der Waals surface area contributed by atoms with Crippen molar-refractivity contribution in [3.05, 3.63) is 0 Å². The van der Waals surface area contributed by atoms with Gasteiger partial charge in [0.15, 0.2) is 0 Å². The summed E-state index contributed by atoms with van der Waals surface area (Å²) in [6, 6.07) is 0. The Balaban J connectivity index is 2.75. The summed E-state index contributed by atoms with van der Waals surface area (Å²) >= 11 is 0. The van der Waals surface area contributed by atoms with Crippen molar-refractivity contribution < 1.29 is 5.11 Å². The Morgan fingerprint density at radius 2 is 1.50 bits per heavy atom. The lowest BCUT2D eigenvalue weighted by atomic mass is 9.71. The molecule has 0 radical (unpaired) electrons. The van der Waals surface area contributed by atoms with Gasteiger partial charge in [-0.2, -0.15) is 0 Å². The Kier molecular flexibility index (Phi) is 3.02. The second-order valence-electron chi connectivity index (χ2n) is 6.80. The molecule has 0 aliphatic heterocycles. The van der Waals surface area contributed by atoms with Gasteiger partial charge in [-0.25, -0.2) is 0 Å². The van der Waals surface area contributed by atoms with E-state index in [0.29, 0.717) is 5.41 Å². The maximum atomic E-state index is 10.6. The third-order valence-corrected chi connectivity index (χ3v) is 4.06. The van der Waals surface area contributed by atoms with E-state index in [1.54, 1.807) is 0 Å². The first-order valence-electron chi connectivity index (χ1n) is 5.89. The molecule has 0 aromatic carbocycles. The predicted molar refractivity (Wildman–Crippen MR) is 61.3 cm³/mol. The maximum Gasteiger partial charge on any atom is 0.0696 e. The van der Waals surface area contributed by atoms with Gasteiger partial charge in [0.2, 0.25) is 0 Å². The molecule has 1 rings (SSSR count). The minimum Gasteiger partial charge on any atom is -0.389 e. The molecule has 0 aromatic rings. The van der Waals surface area contributed by atoms with Gasteiger partial charge in [0.1, 0.15) is 0 Å². The van der Waals surface area contributed by atoms with Crippen molar-refractivity contribution in [2.24, 2.45) is 10.8 Å². The summed E-state index contributed by atoms with van der Waals surface area (Å²) in [6.07, 6.45) is 5.51. The van der Waals surface area contributed by atoms with Crippen molar-refractivity contribution in [1.29, 1.82) is 0 Å². The van der Waals surface area contributed by atoms with E-state index in [1.807, 2.05) is 0 Å². The Labute approximate surface area is 88.9 Å². The van der Waals surface area contributed by atoms with Gasteiger partial charge in [-0.05, 0) is 36.5 Å². The summed E-state index contributed by atoms with van der Waals surface area (Å²) in [7, 11) is 0. The summed E-state index contributed by atoms with van der Waals surface area (Å²) in [5.74, 6) is 0. The smallest absolute Gasteiger partial charge is 0.0696 e. The molecule has 0 aromatic heterocycles. The summed E-state index contributed by atoms with van der Waals surface area (Å²) < 4.78 is 0. The van der Waals surface area contributed by atoms with E-state index in [4.69, 9.17) is 0 Å². The highest BCUT2D eigenvalue weighted by molar-refractivity contribution is 4.94. The zero-order valence-electron chi connectivity index (χ0n) is 10.5. The summed E-state index contributed by atoms with van der Waals surface area (Å²) in [5.41, 5.74) is 0.00389. The Bertz CT molecular complexity index is 200. The molecule has 0 saturated heterocycles. The van der Waals surface area contributed by atoms with Crippen molar-refractivity contribution in [2.75, 3.05) is 0 Å². The fourth-order valence-corrected chi connectivity index (χ4v) is 2.40. The maximum absolute atomic E-state index is 10.6. The van der Waals surface area contributed by atoms with E-state index in [-0.39, 0.29) is 5.41 Å². The molecule has 1 saturated carbocycles. The van der Waals surface area contributed by atoms with Crippen LogP contribution in [0.15, 0.2) is 0 Å². The average molecular weight is 198 g/mol. The molecule has 1 aliphatic carbocycles. The molecule has 1 heteroatoms. The van der Waals surface area contributed by atoms with Crippen LogP contribution >= 0.6 is 0 Å². The van der Waals surface area contributed by atoms with Crippen LogP contribution in [0.25, 0.3) is 0 Å². The standard InChI is InChI=1S/C13H26O/c1-11(2,3)13(14)8-6-7-12(4,5)9-10-13/h14H,6-10H2,1-5H3. The quantitative estimate of drug-likeness (QED) is 0.588. The highest BCUT2D eigenvalue weighted by Gasteiger charge is 2.42. The van der Waals surface area contributed by atoms with Crippen LogP contribution in [0.2, 0.25) is 0 Å². The van der Waals surface area contributed by atoms with E-state index >= 15 is 0 Å². The van der Waals surface area contributed by atoms with Crippen LogP contribution in [-0.4, -0.2) is 10.7 Å². The number of rotatable bonds is 0. The van der Waals surface area contributed by atoms with Crippen molar-refractivity contribution in [3.63, 3.8) is 0 Å². The molecule has 84 valence electrons. The molecule has 1 unspecified atom stereocenters. The lowest BCUT2D eigenvalue weighted by Gasteiger charge is -2.40. The van der Waals surface area contributed by atoms with Gasteiger partial charge >= 0.3 is 0 Å². The molecule has 14 heavy (non-hydrogen) atoms. The van der Waals surface area contributed by atoms with Crippen LogP contribution in [0.5, 0.6) is 0 Å². The van der Waals surface area contributed by atoms with Crippen molar-refractivity contribution in [2.45, 2.75) is 72.3 Å². The van der Waals surface area contributed by atoms with Crippen LogP contribution in [-0.2, 0) is 0 Å². The molecule has 0 bridgehead atoms. The first-order chi connectivity index (χ1) is 6.16. The van der Waals surface area contributed by atoms with Crippen LogP contribution in [0.4, 0.5) is 0 Å². The predicted octanol–water partition coefficient (Wildman–Crippen LogP) is 3.75. The zero-order chi connectivity index (χ0) is 11.0. The normalized spacial score (nSPS) is 33.9. The van der Waals surface area contributed by atoms with E-state index in [0.717, 1.165) is 19.3 Å². The summed E-state index contributed by atoms with van der Waals surface area (Å²) in [4.78, 5) is 0. The SMILES string of the molecule is CC1(C)CCCC(O)(C(C)(C)C)CC1. The second-order valence-corrected chi connectivity index (χ2v) is 6.80. The van der Waals surface area contributed by atoms with Crippen LogP contribution in [0.1, 0.15) is 66.7 Å². The zero-order valence-corrected chi connectivity index (χ0v) is 10.5. The van der Waals surface area contributed by atoms with E-state index in [2.05, 4.69) is 34.6 Å². The van der Waals surface area contributed by atoms with Crippen LogP contribution in [0, 0.1) is 10.8 Å². The molecule has 1 fully saturated rings. The molecular weight excluding hydrogens is 172 g/mol. The second kappa shape index (κ2) is 3.52. The van der Waals surface area contributed by atoms with E-state index in [1.165, 1.54) is 12.8 Å². The van der Waals surface area contributed by atoms with Crippen LogP contribution < -0.4 is 0 Å². The van der Waals surface area contributed by atoms with E-state index < -0.39 is 5.60 Å².